The zero-order valence-corrected chi connectivity index (χ0v) is 16.4. The van der Waals surface area contributed by atoms with Crippen molar-refractivity contribution in [3.05, 3.63) is 77.9 Å². The lowest BCUT2D eigenvalue weighted by Crippen LogP contribution is -2.11. The van der Waals surface area contributed by atoms with Crippen molar-refractivity contribution in [3.63, 3.8) is 0 Å². The maximum absolute atomic E-state index is 13.5. The molecule has 4 nitrogen and oxygen atoms in total. The highest BCUT2D eigenvalue weighted by atomic mass is 19.4. The normalized spacial score (nSPS) is 12.2. The summed E-state index contributed by atoms with van der Waals surface area (Å²) in [7, 11) is 0. The van der Waals surface area contributed by atoms with Crippen LogP contribution in [-0.2, 0) is 12.4 Å². The first-order valence-corrected chi connectivity index (χ1v) is 9.32. The van der Waals surface area contributed by atoms with E-state index in [4.69, 9.17) is 4.52 Å². The molecule has 170 valence electrons. The molecular weight excluding hydrogens is 452 g/mol. The Labute approximate surface area is 182 Å². The quantitative estimate of drug-likeness (QED) is 0.316. The molecule has 0 radical (unpaired) electrons. The van der Waals surface area contributed by atoms with Gasteiger partial charge in [0.05, 0.1) is 16.7 Å². The van der Waals surface area contributed by atoms with Crippen molar-refractivity contribution in [1.82, 2.24) is 5.16 Å². The number of phenols is 2. The lowest BCUT2D eigenvalue weighted by atomic mass is 9.93. The van der Waals surface area contributed by atoms with Crippen molar-refractivity contribution >= 4 is 0 Å². The van der Waals surface area contributed by atoms with Gasteiger partial charge in [0.1, 0.15) is 17.2 Å². The van der Waals surface area contributed by atoms with Crippen LogP contribution in [0.1, 0.15) is 11.1 Å². The second kappa shape index (κ2) is 7.88. The van der Waals surface area contributed by atoms with Crippen LogP contribution in [-0.4, -0.2) is 15.4 Å². The largest absolute Gasteiger partial charge is 0.508 e. The Morgan fingerprint density at radius 3 is 1.52 bits per heavy atom. The number of alkyl halides is 6. The van der Waals surface area contributed by atoms with Crippen LogP contribution in [0.2, 0.25) is 0 Å². The number of rotatable bonds is 3. The molecule has 4 rings (SSSR count). The van der Waals surface area contributed by atoms with E-state index < -0.39 is 29.0 Å². The second-order valence-electron chi connectivity index (χ2n) is 7.12. The summed E-state index contributed by atoms with van der Waals surface area (Å²) in [5, 5.41) is 23.0. The first-order valence-electron chi connectivity index (χ1n) is 9.32. The number of aromatic hydroxyl groups is 2. The maximum Gasteiger partial charge on any atom is 0.416 e. The van der Waals surface area contributed by atoms with E-state index in [2.05, 4.69) is 5.16 Å². The van der Waals surface area contributed by atoms with Crippen molar-refractivity contribution in [2.75, 3.05) is 0 Å². The molecule has 0 aliphatic heterocycles. The number of hydrogen-bond donors (Lipinski definition) is 2. The molecule has 4 aromatic rings. The molecule has 2 N–H and O–H groups in total. The molecule has 0 saturated carbocycles. The van der Waals surface area contributed by atoms with Crippen LogP contribution < -0.4 is 0 Å². The van der Waals surface area contributed by atoms with Crippen LogP contribution in [0.4, 0.5) is 26.3 Å². The molecule has 0 amide bonds. The first-order chi connectivity index (χ1) is 15.4. The Morgan fingerprint density at radius 1 is 0.606 bits per heavy atom. The fourth-order valence-corrected chi connectivity index (χ4v) is 3.28. The summed E-state index contributed by atoms with van der Waals surface area (Å²) in [6, 6.07) is 12.0. The Kier molecular flexibility index (Phi) is 5.31. The number of nitrogens with zero attached hydrogens (tertiary/aromatic N) is 1. The highest BCUT2D eigenvalue weighted by Gasteiger charge is 2.38. The molecule has 1 heterocycles. The van der Waals surface area contributed by atoms with Crippen LogP contribution in [0.25, 0.3) is 33.7 Å². The summed E-state index contributed by atoms with van der Waals surface area (Å²) < 4.78 is 86.1. The minimum atomic E-state index is -5.04. The van der Waals surface area contributed by atoms with Crippen LogP contribution in [0.15, 0.2) is 71.3 Å². The molecule has 1 aromatic heterocycles. The third kappa shape index (κ3) is 4.50. The number of aromatic nitrogens is 1. The van der Waals surface area contributed by atoms with Crippen molar-refractivity contribution < 1.29 is 41.1 Å². The Bertz CT molecular complexity index is 1190. The van der Waals surface area contributed by atoms with E-state index in [1.54, 1.807) is 0 Å². The predicted octanol–water partition coefficient (Wildman–Crippen LogP) is 7.12. The molecule has 0 bridgehead atoms. The van der Waals surface area contributed by atoms with Crippen molar-refractivity contribution in [2.24, 2.45) is 0 Å². The molecule has 3 aromatic carbocycles. The van der Waals surface area contributed by atoms with Crippen molar-refractivity contribution in [2.45, 2.75) is 12.4 Å². The minimum Gasteiger partial charge on any atom is -0.508 e. The van der Waals surface area contributed by atoms with E-state index in [1.807, 2.05) is 0 Å². The third-order valence-corrected chi connectivity index (χ3v) is 4.84. The minimum absolute atomic E-state index is 0.0227. The molecule has 10 heteroatoms. The average molecular weight is 465 g/mol. The van der Waals surface area contributed by atoms with Crippen molar-refractivity contribution in [1.29, 1.82) is 0 Å². The third-order valence-electron chi connectivity index (χ3n) is 4.84. The van der Waals surface area contributed by atoms with Gasteiger partial charge in [-0.15, -0.1) is 0 Å². The molecule has 0 atom stereocenters. The SMILES string of the molecule is Oc1ccc(-c2noc(-c3ccc(O)cc3)c2-c2cc(C(F)(F)F)cc(C(F)(F)F)c2)cc1. The van der Waals surface area contributed by atoms with Gasteiger partial charge < -0.3 is 14.7 Å². The van der Waals surface area contributed by atoms with Crippen LogP contribution >= 0.6 is 0 Å². The summed E-state index contributed by atoms with van der Waals surface area (Å²) in [5.41, 5.74) is -2.95. The van der Waals surface area contributed by atoms with Gasteiger partial charge in [0.15, 0.2) is 5.76 Å². The molecular formula is C23H13F6NO3. The summed E-state index contributed by atoms with van der Waals surface area (Å²) in [6.45, 7) is 0. The van der Waals surface area contributed by atoms with Gasteiger partial charge >= 0.3 is 12.4 Å². The first kappa shape index (κ1) is 22.3. The summed E-state index contributed by atoms with van der Waals surface area (Å²) in [6.07, 6.45) is -10.1. The lowest BCUT2D eigenvalue weighted by molar-refractivity contribution is -0.143. The molecule has 0 spiro atoms. The molecule has 0 unspecified atom stereocenters. The monoisotopic (exact) mass is 465 g/mol. The Balaban J connectivity index is 2.03. The van der Waals surface area contributed by atoms with Gasteiger partial charge in [-0.3, -0.25) is 0 Å². The van der Waals surface area contributed by atoms with Gasteiger partial charge in [-0.25, -0.2) is 0 Å². The summed E-state index contributed by atoms with van der Waals surface area (Å²) in [5.74, 6) is -0.288. The summed E-state index contributed by atoms with van der Waals surface area (Å²) in [4.78, 5) is 0. The molecule has 0 fully saturated rings. The van der Waals surface area contributed by atoms with E-state index >= 15 is 0 Å². The fourth-order valence-electron chi connectivity index (χ4n) is 3.28. The van der Waals surface area contributed by atoms with Crippen LogP contribution in [0, 0.1) is 0 Å². The van der Waals surface area contributed by atoms with Gasteiger partial charge in [-0.2, -0.15) is 26.3 Å². The van der Waals surface area contributed by atoms with Gasteiger partial charge in [-0.1, -0.05) is 5.16 Å². The van der Waals surface area contributed by atoms with Crippen LogP contribution in [0.5, 0.6) is 11.5 Å². The second-order valence-corrected chi connectivity index (χ2v) is 7.12. The fraction of sp³-hybridized carbons (Fsp3) is 0.0870. The maximum atomic E-state index is 13.5. The zero-order chi connectivity index (χ0) is 24.0. The van der Waals surface area contributed by atoms with Gasteiger partial charge in [0.2, 0.25) is 0 Å². The number of hydrogen-bond acceptors (Lipinski definition) is 4. The molecule has 33 heavy (non-hydrogen) atoms. The average Bonchev–Trinajstić information content (AvgIpc) is 3.18. The molecule has 0 aliphatic rings. The number of phenolic OH excluding ortho intramolecular Hbond substituents is 2. The van der Waals surface area contributed by atoms with E-state index in [9.17, 15) is 36.6 Å². The Morgan fingerprint density at radius 2 is 1.06 bits per heavy atom. The van der Waals surface area contributed by atoms with E-state index in [0.29, 0.717) is 17.7 Å². The topological polar surface area (TPSA) is 66.5 Å². The lowest BCUT2D eigenvalue weighted by Gasteiger charge is -2.15. The van der Waals surface area contributed by atoms with E-state index in [-0.39, 0.29) is 40.1 Å². The Hall–Kier alpha value is -3.95. The van der Waals surface area contributed by atoms with Crippen LogP contribution in [0.3, 0.4) is 0 Å². The molecule has 0 aliphatic carbocycles. The van der Waals surface area contributed by atoms with Gasteiger partial charge in [0, 0.05) is 11.1 Å². The van der Waals surface area contributed by atoms with E-state index in [1.165, 1.54) is 48.5 Å². The highest BCUT2D eigenvalue weighted by Crippen LogP contribution is 2.44. The summed E-state index contributed by atoms with van der Waals surface area (Å²) >= 11 is 0. The number of halogens is 6. The standard InChI is InChI=1S/C23H13F6NO3/c24-22(25,26)15-9-14(10-16(11-15)23(27,28)29)19-20(12-1-5-17(31)6-2-12)30-33-21(19)13-3-7-18(32)8-4-13/h1-11,31-32H. The van der Waals surface area contributed by atoms with Gasteiger partial charge in [-0.05, 0) is 72.3 Å². The zero-order valence-electron chi connectivity index (χ0n) is 16.4. The highest BCUT2D eigenvalue weighted by molar-refractivity contribution is 5.90. The number of benzene rings is 3. The van der Waals surface area contributed by atoms with E-state index in [0.717, 1.165) is 0 Å². The smallest absolute Gasteiger partial charge is 0.416 e. The predicted molar refractivity (Wildman–Crippen MR) is 106 cm³/mol. The molecule has 0 saturated heterocycles. The van der Waals surface area contributed by atoms with Gasteiger partial charge in [0.25, 0.3) is 0 Å². The van der Waals surface area contributed by atoms with Crippen molar-refractivity contribution in [3.8, 4) is 45.2 Å².